The molecule has 7 nitrogen and oxygen atoms in total. The number of nitrogens with zero attached hydrogens (tertiary/aromatic N) is 3. The lowest BCUT2D eigenvalue weighted by atomic mass is 9.95. The van der Waals surface area contributed by atoms with Crippen LogP contribution in [0, 0.1) is 5.41 Å². The van der Waals surface area contributed by atoms with E-state index in [1.807, 2.05) is 13.8 Å². The number of furan rings is 1. The summed E-state index contributed by atoms with van der Waals surface area (Å²) >= 11 is 0. The molecule has 0 aliphatic heterocycles. The summed E-state index contributed by atoms with van der Waals surface area (Å²) < 4.78 is 6.79. The van der Waals surface area contributed by atoms with Crippen molar-refractivity contribution in [3.63, 3.8) is 0 Å². The Bertz CT molecular complexity index is 814. The van der Waals surface area contributed by atoms with Gasteiger partial charge in [-0.05, 0) is 12.1 Å². The Morgan fingerprint density at radius 1 is 1.48 bits per heavy atom. The van der Waals surface area contributed by atoms with Crippen LogP contribution in [0.4, 0.5) is 0 Å². The molecule has 0 spiro atoms. The Balaban J connectivity index is 2.13. The standard InChI is InChI=1S/C14H16N4O3/c1-14(2,8-19)7-18-12-11(17-13(18)20)15-6-9(16-12)10-4-3-5-21-10/h3-6,19H,7-8H2,1-2H3,(H,15,17,20). The Labute approximate surface area is 120 Å². The van der Waals surface area contributed by atoms with E-state index in [-0.39, 0.29) is 12.3 Å². The first kappa shape index (κ1) is 13.6. The van der Waals surface area contributed by atoms with Crippen LogP contribution in [0.15, 0.2) is 33.8 Å². The number of hydrogen-bond donors (Lipinski definition) is 2. The van der Waals surface area contributed by atoms with Crippen LogP contribution in [0.3, 0.4) is 0 Å². The van der Waals surface area contributed by atoms with Gasteiger partial charge >= 0.3 is 5.69 Å². The van der Waals surface area contributed by atoms with Gasteiger partial charge in [0.05, 0.1) is 12.5 Å². The molecule has 21 heavy (non-hydrogen) atoms. The zero-order valence-corrected chi connectivity index (χ0v) is 11.8. The van der Waals surface area contributed by atoms with Crippen LogP contribution in [-0.2, 0) is 6.54 Å². The van der Waals surface area contributed by atoms with Crippen molar-refractivity contribution in [1.29, 1.82) is 0 Å². The number of rotatable bonds is 4. The highest BCUT2D eigenvalue weighted by molar-refractivity contribution is 5.69. The van der Waals surface area contributed by atoms with Gasteiger partial charge in [-0.15, -0.1) is 0 Å². The third kappa shape index (κ3) is 2.47. The van der Waals surface area contributed by atoms with Crippen molar-refractivity contribution >= 4 is 11.3 Å². The molecular formula is C14H16N4O3. The first-order valence-electron chi connectivity index (χ1n) is 6.60. The Morgan fingerprint density at radius 3 is 2.95 bits per heavy atom. The number of hydrogen-bond acceptors (Lipinski definition) is 5. The monoisotopic (exact) mass is 288 g/mol. The summed E-state index contributed by atoms with van der Waals surface area (Å²) in [6, 6.07) is 3.54. The quantitative estimate of drug-likeness (QED) is 0.756. The van der Waals surface area contributed by atoms with Gasteiger partial charge in [-0.3, -0.25) is 9.55 Å². The summed E-state index contributed by atoms with van der Waals surface area (Å²) in [5.74, 6) is 0.589. The predicted molar refractivity (Wildman–Crippen MR) is 76.7 cm³/mol. The second-order valence-electron chi connectivity index (χ2n) is 5.74. The maximum absolute atomic E-state index is 12.1. The van der Waals surface area contributed by atoms with Gasteiger partial charge in [0.25, 0.3) is 0 Å². The van der Waals surface area contributed by atoms with Crippen LogP contribution in [0.2, 0.25) is 0 Å². The van der Waals surface area contributed by atoms with E-state index in [9.17, 15) is 9.90 Å². The molecule has 0 saturated carbocycles. The summed E-state index contributed by atoms with van der Waals surface area (Å²) in [5.41, 5.74) is 0.714. The largest absolute Gasteiger partial charge is 0.463 e. The zero-order valence-electron chi connectivity index (χ0n) is 11.8. The average Bonchev–Trinajstić information content (AvgIpc) is 3.08. The van der Waals surface area contributed by atoms with Crippen molar-refractivity contribution in [2.75, 3.05) is 6.61 Å². The number of aromatic nitrogens is 4. The summed E-state index contributed by atoms with van der Waals surface area (Å²) in [7, 11) is 0. The highest BCUT2D eigenvalue weighted by Crippen LogP contribution is 2.21. The molecule has 3 rings (SSSR count). The Hall–Kier alpha value is -2.41. The van der Waals surface area contributed by atoms with E-state index in [2.05, 4.69) is 15.0 Å². The van der Waals surface area contributed by atoms with Crippen molar-refractivity contribution in [3.05, 3.63) is 35.1 Å². The first-order chi connectivity index (χ1) is 10.00. The van der Waals surface area contributed by atoms with Gasteiger partial charge in [0, 0.05) is 18.6 Å². The summed E-state index contributed by atoms with van der Waals surface area (Å²) in [6.45, 7) is 4.07. The maximum atomic E-state index is 12.1. The van der Waals surface area contributed by atoms with E-state index in [4.69, 9.17) is 4.42 Å². The normalized spacial score (nSPS) is 12.1. The summed E-state index contributed by atoms with van der Waals surface area (Å²) in [5, 5.41) is 9.38. The molecule has 3 heterocycles. The Kier molecular flexibility index (Phi) is 3.13. The van der Waals surface area contributed by atoms with E-state index in [0.717, 1.165) is 0 Å². The van der Waals surface area contributed by atoms with Gasteiger partial charge < -0.3 is 9.52 Å². The fourth-order valence-corrected chi connectivity index (χ4v) is 2.09. The molecule has 0 aliphatic carbocycles. The third-order valence-electron chi connectivity index (χ3n) is 3.27. The van der Waals surface area contributed by atoms with Crippen LogP contribution in [0.1, 0.15) is 13.8 Å². The smallest absolute Gasteiger partial charge is 0.328 e. The lowest BCUT2D eigenvalue weighted by Crippen LogP contribution is -2.29. The minimum atomic E-state index is -0.429. The van der Waals surface area contributed by atoms with Crippen LogP contribution in [0.25, 0.3) is 22.7 Å². The molecule has 0 fully saturated rings. The van der Waals surface area contributed by atoms with Gasteiger partial charge in [0.15, 0.2) is 17.1 Å². The minimum Gasteiger partial charge on any atom is -0.463 e. The highest BCUT2D eigenvalue weighted by Gasteiger charge is 2.21. The Morgan fingerprint density at radius 2 is 2.29 bits per heavy atom. The lowest BCUT2D eigenvalue weighted by Gasteiger charge is -2.21. The molecule has 2 N–H and O–H groups in total. The highest BCUT2D eigenvalue weighted by atomic mass is 16.3. The van der Waals surface area contributed by atoms with Crippen molar-refractivity contribution in [1.82, 2.24) is 19.5 Å². The van der Waals surface area contributed by atoms with Crippen molar-refractivity contribution in [2.24, 2.45) is 5.41 Å². The maximum Gasteiger partial charge on any atom is 0.328 e. The molecule has 3 aromatic rings. The van der Waals surface area contributed by atoms with Gasteiger partial charge in [0.2, 0.25) is 0 Å². The predicted octanol–water partition coefficient (Wildman–Crippen LogP) is 1.40. The van der Waals surface area contributed by atoms with Gasteiger partial charge in [-0.25, -0.2) is 14.8 Å². The zero-order chi connectivity index (χ0) is 15.0. The molecule has 3 aromatic heterocycles. The fraction of sp³-hybridized carbons (Fsp3) is 0.357. The molecule has 0 radical (unpaired) electrons. The molecule has 0 amide bonds. The molecule has 0 unspecified atom stereocenters. The molecule has 0 bridgehead atoms. The summed E-state index contributed by atoms with van der Waals surface area (Å²) in [6.07, 6.45) is 3.11. The molecule has 110 valence electrons. The number of aromatic amines is 1. The molecule has 7 heteroatoms. The van der Waals surface area contributed by atoms with Crippen molar-refractivity contribution < 1.29 is 9.52 Å². The number of aliphatic hydroxyl groups excluding tert-OH is 1. The number of nitrogens with one attached hydrogen (secondary N) is 1. The first-order valence-corrected chi connectivity index (χ1v) is 6.60. The van der Waals surface area contributed by atoms with Gasteiger partial charge in [-0.2, -0.15) is 0 Å². The third-order valence-corrected chi connectivity index (χ3v) is 3.27. The minimum absolute atomic E-state index is 0.0303. The van der Waals surface area contributed by atoms with Crippen LogP contribution < -0.4 is 5.69 Å². The summed E-state index contributed by atoms with van der Waals surface area (Å²) in [4.78, 5) is 23.4. The van der Waals surface area contributed by atoms with E-state index < -0.39 is 5.41 Å². The molecule has 0 aromatic carbocycles. The van der Waals surface area contributed by atoms with Crippen molar-refractivity contribution in [3.8, 4) is 11.5 Å². The van der Waals surface area contributed by atoms with Gasteiger partial charge in [0.1, 0.15) is 5.69 Å². The molecule has 0 atom stereocenters. The van der Waals surface area contributed by atoms with Gasteiger partial charge in [-0.1, -0.05) is 13.8 Å². The van der Waals surface area contributed by atoms with E-state index >= 15 is 0 Å². The molecule has 0 saturated heterocycles. The second-order valence-corrected chi connectivity index (χ2v) is 5.74. The number of aliphatic hydroxyl groups is 1. The number of H-pyrrole nitrogens is 1. The second kappa shape index (κ2) is 4.85. The van der Waals surface area contributed by atoms with Crippen LogP contribution >= 0.6 is 0 Å². The number of imidazole rings is 1. The molecular weight excluding hydrogens is 272 g/mol. The van der Waals surface area contributed by atoms with E-state index in [0.29, 0.717) is 29.3 Å². The fourth-order valence-electron chi connectivity index (χ4n) is 2.09. The van der Waals surface area contributed by atoms with Crippen LogP contribution in [-0.4, -0.2) is 31.2 Å². The SMILES string of the molecule is CC(C)(CO)Cn1c(=O)[nH]c2ncc(-c3ccco3)nc21. The van der Waals surface area contributed by atoms with E-state index in [1.165, 1.54) is 4.57 Å². The molecule has 0 aliphatic rings. The van der Waals surface area contributed by atoms with Crippen molar-refractivity contribution in [2.45, 2.75) is 20.4 Å². The average molecular weight is 288 g/mol. The lowest BCUT2D eigenvalue weighted by molar-refractivity contribution is 0.141. The topological polar surface area (TPSA) is 96.9 Å². The number of fused-ring (bicyclic) bond motifs is 1. The van der Waals surface area contributed by atoms with E-state index in [1.54, 1.807) is 24.6 Å². The van der Waals surface area contributed by atoms with Crippen LogP contribution in [0.5, 0.6) is 0 Å².